The maximum Gasteiger partial charge on any atom is 0.319 e. The van der Waals surface area contributed by atoms with Crippen molar-refractivity contribution in [3.05, 3.63) is 71.3 Å². The Morgan fingerprint density at radius 2 is 1.80 bits per heavy atom. The molecule has 0 spiro atoms. The van der Waals surface area contributed by atoms with Gasteiger partial charge in [0.25, 0.3) is 0 Å². The van der Waals surface area contributed by atoms with Crippen LogP contribution in [0.15, 0.2) is 75.5 Å². The minimum absolute atomic E-state index is 0.0278. The van der Waals surface area contributed by atoms with Gasteiger partial charge in [0.05, 0.1) is 23.0 Å². The summed E-state index contributed by atoms with van der Waals surface area (Å²) in [6.07, 6.45) is 1.94. The summed E-state index contributed by atoms with van der Waals surface area (Å²) in [4.78, 5) is 26.2. The predicted molar refractivity (Wildman–Crippen MR) is 114 cm³/mol. The summed E-state index contributed by atoms with van der Waals surface area (Å²) in [5.74, 6) is -1.67. The zero-order valence-electron chi connectivity index (χ0n) is 16.5. The number of benzene rings is 2. The van der Waals surface area contributed by atoms with Crippen molar-refractivity contribution in [3.63, 3.8) is 0 Å². The number of amides is 2. The molecule has 0 radical (unpaired) electrons. The van der Waals surface area contributed by atoms with Crippen LogP contribution in [0.2, 0.25) is 0 Å². The van der Waals surface area contributed by atoms with E-state index in [-0.39, 0.29) is 17.2 Å². The number of nitrogens with one attached hydrogen (secondary N) is 2. The molecule has 9 heteroatoms. The average molecular weight is 447 g/mol. The van der Waals surface area contributed by atoms with Crippen molar-refractivity contribution in [2.24, 2.45) is 5.92 Å². The topological polar surface area (TPSA) is 102 Å². The molecule has 7 nitrogen and oxygen atoms in total. The molecule has 2 aromatic carbocycles. The van der Waals surface area contributed by atoms with E-state index in [2.05, 4.69) is 10.6 Å². The van der Waals surface area contributed by atoms with Crippen LogP contribution in [0, 0.1) is 5.92 Å². The number of sulfone groups is 1. The van der Waals surface area contributed by atoms with Crippen molar-refractivity contribution in [1.82, 2.24) is 10.6 Å². The SMILES string of the molecule is CCOC(=O)[C@@H]1/C(=C\S(=O)(=O)c2ccccc2)NC(=O)N[C@H]1c1ccc(SC)cc1. The van der Waals surface area contributed by atoms with Gasteiger partial charge in [-0.15, -0.1) is 11.8 Å². The maximum atomic E-state index is 12.9. The Hall–Kier alpha value is -2.78. The lowest BCUT2D eigenvalue weighted by atomic mass is 9.89. The first kappa shape index (κ1) is 21.9. The van der Waals surface area contributed by atoms with Crippen LogP contribution in [0.1, 0.15) is 18.5 Å². The molecular weight excluding hydrogens is 424 g/mol. The molecule has 1 heterocycles. The highest BCUT2D eigenvalue weighted by Gasteiger charge is 2.40. The second-order valence-electron chi connectivity index (χ2n) is 6.51. The lowest BCUT2D eigenvalue weighted by molar-refractivity contribution is -0.147. The summed E-state index contributed by atoms with van der Waals surface area (Å²) < 4.78 is 30.9. The summed E-state index contributed by atoms with van der Waals surface area (Å²) in [5, 5.41) is 6.14. The van der Waals surface area contributed by atoms with Crippen molar-refractivity contribution in [2.75, 3.05) is 12.9 Å². The van der Waals surface area contributed by atoms with Gasteiger partial charge in [0, 0.05) is 10.6 Å². The Bertz CT molecular complexity index is 1050. The van der Waals surface area contributed by atoms with Gasteiger partial charge in [-0.05, 0) is 43.0 Å². The summed E-state index contributed by atoms with van der Waals surface area (Å²) in [5.41, 5.74) is 0.642. The van der Waals surface area contributed by atoms with E-state index in [0.717, 1.165) is 10.3 Å². The van der Waals surface area contributed by atoms with Gasteiger partial charge in [-0.1, -0.05) is 30.3 Å². The molecule has 0 saturated carbocycles. The minimum atomic E-state index is -3.90. The smallest absolute Gasteiger partial charge is 0.319 e. The van der Waals surface area contributed by atoms with Gasteiger partial charge in [0.1, 0.15) is 5.92 Å². The number of rotatable bonds is 6. The fourth-order valence-corrected chi connectivity index (χ4v) is 4.80. The first-order valence-corrected chi connectivity index (χ1v) is 12.0. The number of urea groups is 1. The Balaban J connectivity index is 2.07. The highest BCUT2D eigenvalue weighted by molar-refractivity contribution is 7.98. The van der Waals surface area contributed by atoms with Crippen LogP contribution in [-0.4, -0.2) is 33.3 Å². The van der Waals surface area contributed by atoms with Crippen molar-refractivity contribution in [1.29, 1.82) is 0 Å². The molecule has 0 unspecified atom stereocenters. The van der Waals surface area contributed by atoms with Crippen LogP contribution < -0.4 is 10.6 Å². The van der Waals surface area contributed by atoms with Crippen molar-refractivity contribution < 1.29 is 22.7 Å². The maximum absolute atomic E-state index is 12.9. The van der Waals surface area contributed by atoms with E-state index in [0.29, 0.717) is 5.56 Å². The normalized spacial score (nSPS) is 20.3. The van der Waals surface area contributed by atoms with E-state index in [1.165, 1.54) is 12.1 Å². The molecule has 1 saturated heterocycles. The Morgan fingerprint density at radius 1 is 1.13 bits per heavy atom. The molecule has 1 aliphatic heterocycles. The van der Waals surface area contributed by atoms with Gasteiger partial charge >= 0.3 is 12.0 Å². The van der Waals surface area contributed by atoms with Crippen LogP contribution in [0.4, 0.5) is 4.79 Å². The molecule has 1 fully saturated rings. The van der Waals surface area contributed by atoms with Gasteiger partial charge < -0.3 is 15.4 Å². The highest BCUT2D eigenvalue weighted by Crippen LogP contribution is 2.33. The number of thioether (sulfide) groups is 1. The van der Waals surface area contributed by atoms with Gasteiger partial charge in [0.15, 0.2) is 0 Å². The Morgan fingerprint density at radius 3 is 2.40 bits per heavy atom. The number of esters is 1. The number of ether oxygens (including phenoxy) is 1. The molecule has 0 aliphatic carbocycles. The van der Waals surface area contributed by atoms with E-state index in [1.807, 2.05) is 18.4 Å². The monoisotopic (exact) mass is 446 g/mol. The third kappa shape index (κ3) is 4.85. The lowest BCUT2D eigenvalue weighted by Crippen LogP contribution is -2.51. The zero-order chi connectivity index (χ0) is 21.7. The molecule has 0 aromatic heterocycles. The number of carbonyl (C=O) groups excluding carboxylic acids is 2. The first-order valence-electron chi connectivity index (χ1n) is 9.25. The quantitative estimate of drug-likeness (QED) is 0.522. The van der Waals surface area contributed by atoms with Crippen LogP contribution in [0.25, 0.3) is 0 Å². The Labute approximate surface area is 179 Å². The second kappa shape index (κ2) is 9.36. The van der Waals surface area contributed by atoms with Crippen LogP contribution in [0.5, 0.6) is 0 Å². The fourth-order valence-electron chi connectivity index (χ4n) is 3.18. The zero-order valence-corrected chi connectivity index (χ0v) is 18.1. The van der Waals surface area contributed by atoms with Crippen molar-refractivity contribution in [3.8, 4) is 0 Å². The van der Waals surface area contributed by atoms with E-state index in [9.17, 15) is 18.0 Å². The fraction of sp³-hybridized carbons (Fsp3) is 0.238. The molecule has 2 aromatic rings. The van der Waals surface area contributed by atoms with Gasteiger partial charge in [-0.25, -0.2) is 13.2 Å². The lowest BCUT2D eigenvalue weighted by Gasteiger charge is -2.33. The van der Waals surface area contributed by atoms with Crippen molar-refractivity contribution in [2.45, 2.75) is 22.8 Å². The second-order valence-corrected chi connectivity index (χ2v) is 9.19. The van der Waals surface area contributed by atoms with E-state index in [1.54, 1.807) is 49.0 Å². The largest absolute Gasteiger partial charge is 0.465 e. The summed E-state index contributed by atoms with van der Waals surface area (Å²) in [7, 11) is -3.90. The van der Waals surface area contributed by atoms with Gasteiger partial charge in [0.2, 0.25) is 9.84 Å². The minimum Gasteiger partial charge on any atom is -0.465 e. The molecule has 2 amide bonds. The first-order chi connectivity index (χ1) is 14.4. The summed E-state index contributed by atoms with van der Waals surface area (Å²) in [6, 6.07) is 13.8. The average Bonchev–Trinajstić information content (AvgIpc) is 2.74. The summed E-state index contributed by atoms with van der Waals surface area (Å²) in [6.45, 7) is 1.79. The molecule has 30 heavy (non-hydrogen) atoms. The van der Waals surface area contributed by atoms with Gasteiger partial charge in [-0.2, -0.15) is 0 Å². The molecule has 2 atom stereocenters. The van der Waals surface area contributed by atoms with E-state index in [4.69, 9.17) is 4.74 Å². The molecule has 2 N–H and O–H groups in total. The van der Waals surface area contributed by atoms with Gasteiger partial charge in [-0.3, -0.25) is 4.79 Å². The molecule has 0 bridgehead atoms. The van der Waals surface area contributed by atoms with Crippen LogP contribution >= 0.6 is 11.8 Å². The third-order valence-corrected chi connectivity index (χ3v) is 6.82. The van der Waals surface area contributed by atoms with Crippen molar-refractivity contribution >= 4 is 33.6 Å². The third-order valence-electron chi connectivity index (χ3n) is 4.58. The van der Waals surface area contributed by atoms with Crippen LogP contribution in [0.3, 0.4) is 0 Å². The number of hydrogen-bond donors (Lipinski definition) is 2. The standard InChI is InChI=1S/C21H22N2O5S2/c1-3-28-20(24)18-17(13-30(26,27)16-7-5-4-6-8-16)22-21(25)23-19(18)14-9-11-15(29-2)12-10-14/h4-13,18-19H,3H2,1-2H3,(H2,22,23,25)/b17-13+/t18-,19+/m1/s1. The predicted octanol–water partition coefficient (Wildman–Crippen LogP) is 3.26. The van der Waals surface area contributed by atoms with Crippen LogP contribution in [-0.2, 0) is 19.4 Å². The van der Waals surface area contributed by atoms with E-state index >= 15 is 0 Å². The summed E-state index contributed by atoms with van der Waals surface area (Å²) >= 11 is 1.56. The molecule has 158 valence electrons. The Kier molecular flexibility index (Phi) is 6.84. The number of hydrogen-bond acceptors (Lipinski definition) is 6. The highest BCUT2D eigenvalue weighted by atomic mass is 32.2. The molecular formula is C21H22N2O5S2. The van der Waals surface area contributed by atoms with E-state index < -0.39 is 33.8 Å². The molecule has 1 aliphatic rings. The molecule has 3 rings (SSSR count). The number of carbonyl (C=O) groups is 2.